The van der Waals surface area contributed by atoms with Crippen molar-refractivity contribution in [2.75, 3.05) is 18.0 Å². The van der Waals surface area contributed by atoms with Crippen molar-refractivity contribution < 1.29 is 9.59 Å². The van der Waals surface area contributed by atoms with Crippen LogP contribution in [-0.2, 0) is 11.2 Å². The molecule has 5 heteroatoms. The summed E-state index contributed by atoms with van der Waals surface area (Å²) >= 11 is 0. The molecular formula is C21H19N3O2. The molecule has 130 valence electrons. The average Bonchev–Trinajstić information content (AvgIpc) is 2.71. The van der Waals surface area contributed by atoms with E-state index in [9.17, 15) is 9.59 Å². The van der Waals surface area contributed by atoms with E-state index < -0.39 is 0 Å². The molecule has 0 spiro atoms. The van der Waals surface area contributed by atoms with E-state index in [0.29, 0.717) is 17.6 Å². The fourth-order valence-electron chi connectivity index (χ4n) is 3.43. The van der Waals surface area contributed by atoms with E-state index in [-0.39, 0.29) is 18.4 Å². The molecule has 2 heterocycles. The maximum atomic E-state index is 12.7. The highest BCUT2D eigenvalue weighted by molar-refractivity contribution is 6.07. The number of hydrogen-bond acceptors (Lipinski definition) is 3. The van der Waals surface area contributed by atoms with Gasteiger partial charge in [0.1, 0.15) is 0 Å². The fourth-order valence-corrected chi connectivity index (χ4v) is 3.43. The first-order valence-electron chi connectivity index (χ1n) is 8.74. The molecular weight excluding hydrogens is 326 g/mol. The molecule has 0 bridgehead atoms. The Morgan fingerprint density at radius 1 is 1.04 bits per heavy atom. The molecule has 3 aromatic rings. The second-order valence-corrected chi connectivity index (χ2v) is 6.34. The molecule has 0 atom stereocenters. The number of anilines is 1. The number of amides is 2. The predicted molar refractivity (Wildman–Crippen MR) is 101 cm³/mol. The summed E-state index contributed by atoms with van der Waals surface area (Å²) in [7, 11) is 0. The summed E-state index contributed by atoms with van der Waals surface area (Å²) in [6.45, 7) is 0.651. The smallest absolute Gasteiger partial charge is 0.253 e. The standard InChI is InChI=1S/C21H19N3O2/c25-19(24-13-5-9-15-6-1-2-11-18(15)24)14-23-21(26)17-10-3-7-16-8-4-12-22-20(16)17/h1-4,6-8,10-12H,5,9,13-14H2,(H,23,26). The van der Waals surface area contributed by atoms with E-state index in [4.69, 9.17) is 0 Å². The molecule has 2 aromatic carbocycles. The molecule has 1 aliphatic rings. The van der Waals surface area contributed by atoms with Crippen LogP contribution < -0.4 is 10.2 Å². The van der Waals surface area contributed by atoms with Crippen LogP contribution in [0.4, 0.5) is 5.69 Å². The van der Waals surface area contributed by atoms with Gasteiger partial charge in [0.15, 0.2) is 0 Å². The molecule has 26 heavy (non-hydrogen) atoms. The van der Waals surface area contributed by atoms with Gasteiger partial charge in [-0.25, -0.2) is 0 Å². The summed E-state index contributed by atoms with van der Waals surface area (Å²) in [5, 5.41) is 3.65. The molecule has 0 radical (unpaired) electrons. The fraction of sp³-hybridized carbons (Fsp3) is 0.190. The second-order valence-electron chi connectivity index (χ2n) is 6.34. The number of nitrogens with zero attached hydrogens (tertiary/aromatic N) is 2. The predicted octanol–water partition coefficient (Wildman–Crippen LogP) is 2.94. The van der Waals surface area contributed by atoms with Gasteiger partial charge in [0.25, 0.3) is 5.91 Å². The molecule has 0 fully saturated rings. The van der Waals surface area contributed by atoms with Gasteiger partial charge in [-0.2, -0.15) is 0 Å². The minimum absolute atomic E-state index is 0.0314. The van der Waals surface area contributed by atoms with Crippen LogP contribution in [-0.4, -0.2) is 29.9 Å². The minimum atomic E-state index is -0.284. The lowest BCUT2D eigenvalue weighted by Crippen LogP contribution is -2.42. The van der Waals surface area contributed by atoms with Gasteiger partial charge in [-0.3, -0.25) is 14.6 Å². The van der Waals surface area contributed by atoms with E-state index in [1.807, 2.05) is 42.5 Å². The summed E-state index contributed by atoms with van der Waals surface area (Å²) in [4.78, 5) is 31.3. The third kappa shape index (κ3) is 3.04. The minimum Gasteiger partial charge on any atom is -0.343 e. The molecule has 0 saturated heterocycles. The van der Waals surface area contributed by atoms with E-state index >= 15 is 0 Å². The number of para-hydroxylation sites is 2. The van der Waals surface area contributed by atoms with E-state index in [1.54, 1.807) is 17.2 Å². The van der Waals surface area contributed by atoms with Crippen molar-refractivity contribution in [3.05, 3.63) is 71.9 Å². The van der Waals surface area contributed by atoms with Crippen LogP contribution >= 0.6 is 0 Å². The lowest BCUT2D eigenvalue weighted by Gasteiger charge is -2.29. The van der Waals surface area contributed by atoms with Crippen molar-refractivity contribution in [3.8, 4) is 0 Å². The van der Waals surface area contributed by atoms with Crippen LogP contribution in [0, 0.1) is 0 Å². The van der Waals surface area contributed by atoms with Crippen molar-refractivity contribution in [1.29, 1.82) is 0 Å². The lowest BCUT2D eigenvalue weighted by molar-refractivity contribution is -0.117. The first-order valence-corrected chi connectivity index (χ1v) is 8.74. The Morgan fingerprint density at radius 3 is 2.81 bits per heavy atom. The van der Waals surface area contributed by atoms with Crippen LogP contribution in [0.15, 0.2) is 60.8 Å². The Hall–Kier alpha value is -3.21. The monoisotopic (exact) mass is 345 g/mol. The SMILES string of the molecule is O=C(NCC(=O)N1CCCc2ccccc21)c1cccc2cccnc12. The number of pyridine rings is 1. The summed E-state index contributed by atoms with van der Waals surface area (Å²) in [5.74, 6) is -0.383. The van der Waals surface area contributed by atoms with E-state index in [0.717, 1.165) is 23.9 Å². The van der Waals surface area contributed by atoms with Crippen molar-refractivity contribution in [2.24, 2.45) is 0 Å². The molecule has 2 amide bonds. The largest absolute Gasteiger partial charge is 0.343 e. The number of benzene rings is 2. The quantitative estimate of drug-likeness (QED) is 0.794. The molecule has 0 unspecified atom stereocenters. The van der Waals surface area contributed by atoms with E-state index in [2.05, 4.69) is 16.4 Å². The molecule has 1 aromatic heterocycles. The van der Waals surface area contributed by atoms with Crippen LogP contribution in [0.3, 0.4) is 0 Å². The van der Waals surface area contributed by atoms with E-state index in [1.165, 1.54) is 5.56 Å². The van der Waals surface area contributed by atoms with Gasteiger partial charge in [-0.15, -0.1) is 0 Å². The molecule has 1 aliphatic heterocycles. The zero-order chi connectivity index (χ0) is 17.9. The topological polar surface area (TPSA) is 62.3 Å². The Balaban J connectivity index is 1.49. The third-order valence-electron chi connectivity index (χ3n) is 4.69. The van der Waals surface area contributed by atoms with Gasteiger partial charge in [0, 0.05) is 23.8 Å². The zero-order valence-corrected chi connectivity index (χ0v) is 14.3. The number of aromatic nitrogens is 1. The molecule has 1 N–H and O–H groups in total. The zero-order valence-electron chi connectivity index (χ0n) is 14.3. The summed E-state index contributed by atoms with van der Waals surface area (Å²) < 4.78 is 0. The number of carbonyl (C=O) groups is 2. The number of rotatable bonds is 3. The first kappa shape index (κ1) is 16.3. The maximum Gasteiger partial charge on any atom is 0.253 e. The number of nitrogens with one attached hydrogen (secondary N) is 1. The van der Waals surface area contributed by atoms with Crippen LogP contribution in [0.5, 0.6) is 0 Å². The second kappa shape index (κ2) is 6.96. The van der Waals surface area contributed by atoms with Crippen molar-refractivity contribution >= 4 is 28.4 Å². The third-order valence-corrected chi connectivity index (χ3v) is 4.69. The average molecular weight is 345 g/mol. The number of fused-ring (bicyclic) bond motifs is 2. The van der Waals surface area contributed by atoms with Gasteiger partial charge in [-0.1, -0.05) is 36.4 Å². The first-order chi connectivity index (χ1) is 12.7. The van der Waals surface area contributed by atoms with Crippen molar-refractivity contribution in [2.45, 2.75) is 12.8 Å². The Morgan fingerprint density at radius 2 is 1.88 bits per heavy atom. The molecule has 5 nitrogen and oxygen atoms in total. The summed E-state index contributed by atoms with van der Waals surface area (Å²) in [6, 6.07) is 17.1. The van der Waals surface area contributed by atoms with Gasteiger partial charge in [0.2, 0.25) is 5.91 Å². The summed E-state index contributed by atoms with van der Waals surface area (Å²) in [6.07, 6.45) is 3.58. The lowest BCUT2D eigenvalue weighted by atomic mass is 10.0. The highest BCUT2D eigenvalue weighted by atomic mass is 16.2. The molecule has 4 rings (SSSR count). The number of hydrogen-bond donors (Lipinski definition) is 1. The molecule has 0 aliphatic carbocycles. The van der Waals surface area contributed by atoms with Gasteiger partial charge in [0.05, 0.1) is 17.6 Å². The van der Waals surface area contributed by atoms with Crippen LogP contribution in [0.1, 0.15) is 22.3 Å². The Labute approximate surface area is 151 Å². The van der Waals surface area contributed by atoms with Crippen LogP contribution in [0.2, 0.25) is 0 Å². The highest BCUT2D eigenvalue weighted by Gasteiger charge is 2.22. The Bertz CT molecular complexity index is 978. The highest BCUT2D eigenvalue weighted by Crippen LogP contribution is 2.26. The van der Waals surface area contributed by atoms with Crippen LogP contribution in [0.25, 0.3) is 10.9 Å². The van der Waals surface area contributed by atoms with Gasteiger partial charge in [-0.05, 0) is 36.6 Å². The molecule has 0 saturated carbocycles. The number of aryl methyl sites for hydroxylation is 1. The van der Waals surface area contributed by atoms with Crippen molar-refractivity contribution in [3.63, 3.8) is 0 Å². The Kier molecular flexibility index (Phi) is 4.35. The van der Waals surface area contributed by atoms with Gasteiger partial charge >= 0.3 is 0 Å². The van der Waals surface area contributed by atoms with Gasteiger partial charge < -0.3 is 10.2 Å². The van der Waals surface area contributed by atoms with Crippen molar-refractivity contribution in [1.82, 2.24) is 10.3 Å². The normalized spacial score (nSPS) is 13.3. The maximum absolute atomic E-state index is 12.7. The number of carbonyl (C=O) groups excluding carboxylic acids is 2. The summed E-state index contributed by atoms with van der Waals surface area (Å²) in [5.41, 5.74) is 3.25.